The van der Waals surface area contributed by atoms with Gasteiger partial charge in [-0.25, -0.2) is 4.79 Å². The summed E-state index contributed by atoms with van der Waals surface area (Å²) in [6.45, 7) is 8.08. The zero-order valence-electron chi connectivity index (χ0n) is 17.7. The van der Waals surface area contributed by atoms with E-state index < -0.39 is 5.97 Å². The average molecular weight is 426 g/mol. The van der Waals surface area contributed by atoms with Crippen LogP contribution in [0.15, 0.2) is 30.3 Å². The maximum atomic E-state index is 12.6. The normalized spacial score (nSPS) is 16.8. The SMILES string of the molecule is Cc1ccc(Cn2nc(C)c3cc(C(=O)OCC(=O)N4CCC[C@H](C)C4)sc32)cc1. The predicted octanol–water partition coefficient (Wildman–Crippen LogP) is 4.18. The van der Waals surface area contributed by atoms with Crippen LogP contribution in [0.3, 0.4) is 0 Å². The second-order valence-electron chi connectivity index (χ2n) is 8.22. The molecule has 6 nitrogen and oxygen atoms in total. The van der Waals surface area contributed by atoms with Crippen molar-refractivity contribution in [1.29, 1.82) is 0 Å². The first kappa shape index (κ1) is 20.6. The van der Waals surface area contributed by atoms with Crippen LogP contribution in [0.5, 0.6) is 0 Å². The number of likely N-dealkylation sites (tertiary alicyclic amines) is 1. The van der Waals surface area contributed by atoms with Crippen molar-refractivity contribution in [3.05, 3.63) is 52.0 Å². The molecule has 1 aromatic carbocycles. The molecular formula is C23H27N3O3S. The van der Waals surface area contributed by atoms with Gasteiger partial charge in [0.15, 0.2) is 6.61 Å². The van der Waals surface area contributed by atoms with Crippen LogP contribution in [0.1, 0.15) is 46.3 Å². The number of hydrogen-bond acceptors (Lipinski definition) is 5. The Morgan fingerprint density at radius 2 is 2.00 bits per heavy atom. The van der Waals surface area contributed by atoms with Crippen molar-refractivity contribution in [1.82, 2.24) is 14.7 Å². The van der Waals surface area contributed by atoms with E-state index in [-0.39, 0.29) is 12.5 Å². The molecule has 1 fully saturated rings. The molecule has 0 N–H and O–H groups in total. The van der Waals surface area contributed by atoms with Crippen LogP contribution in [0.2, 0.25) is 0 Å². The zero-order chi connectivity index (χ0) is 21.3. The summed E-state index contributed by atoms with van der Waals surface area (Å²) in [4.78, 5) is 28.2. The third-order valence-corrected chi connectivity index (χ3v) is 6.73. The molecule has 3 aromatic rings. The number of nitrogens with zero attached hydrogens (tertiary/aromatic N) is 3. The van der Waals surface area contributed by atoms with E-state index >= 15 is 0 Å². The standard InChI is InChI=1S/C23H27N3O3S/c1-15-6-8-18(9-7-15)13-26-22-19(17(3)24-26)11-20(30-22)23(28)29-14-21(27)25-10-4-5-16(2)12-25/h6-9,11,16H,4-5,10,12-14H2,1-3H3/t16-/m0/s1. The summed E-state index contributed by atoms with van der Waals surface area (Å²) in [5.74, 6) is -0.0610. The Hall–Kier alpha value is -2.67. The Balaban J connectivity index is 1.44. The molecule has 1 aliphatic rings. The van der Waals surface area contributed by atoms with E-state index in [0.29, 0.717) is 17.3 Å². The number of esters is 1. The Morgan fingerprint density at radius 3 is 2.73 bits per heavy atom. The maximum absolute atomic E-state index is 12.6. The van der Waals surface area contributed by atoms with Crippen LogP contribution in [0.25, 0.3) is 10.2 Å². The third kappa shape index (κ3) is 4.41. The lowest BCUT2D eigenvalue weighted by molar-refractivity contribution is -0.136. The summed E-state index contributed by atoms with van der Waals surface area (Å²) >= 11 is 1.36. The van der Waals surface area contributed by atoms with Gasteiger partial charge in [0.25, 0.3) is 5.91 Å². The van der Waals surface area contributed by atoms with Gasteiger partial charge in [0.2, 0.25) is 0 Å². The number of thiophene rings is 1. The van der Waals surface area contributed by atoms with E-state index in [1.165, 1.54) is 16.9 Å². The van der Waals surface area contributed by atoms with E-state index in [2.05, 4.69) is 43.2 Å². The van der Waals surface area contributed by atoms with E-state index in [1.54, 1.807) is 4.90 Å². The minimum absolute atomic E-state index is 0.113. The number of fused-ring (bicyclic) bond motifs is 1. The number of rotatable bonds is 5. The van der Waals surface area contributed by atoms with Crippen LogP contribution < -0.4 is 0 Å². The highest BCUT2D eigenvalue weighted by molar-refractivity contribution is 7.20. The fourth-order valence-electron chi connectivity index (χ4n) is 3.89. The molecule has 1 amide bonds. The maximum Gasteiger partial charge on any atom is 0.348 e. The van der Waals surface area contributed by atoms with E-state index in [9.17, 15) is 9.59 Å². The van der Waals surface area contributed by atoms with Gasteiger partial charge in [-0.05, 0) is 44.2 Å². The van der Waals surface area contributed by atoms with Crippen molar-refractivity contribution in [2.24, 2.45) is 5.92 Å². The molecule has 0 saturated carbocycles. The highest BCUT2D eigenvalue weighted by Gasteiger charge is 2.23. The Kier molecular flexibility index (Phi) is 5.90. The molecule has 0 bridgehead atoms. The molecule has 158 valence electrons. The molecule has 0 spiro atoms. The summed E-state index contributed by atoms with van der Waals surface area (Å²) in [5.41, 5.74) is 3.25. The van der Waals surface area contributed by atoms with Gasteiger partial charge < -0.3 is 9.64 Å². The first-order valence-corrected chi connectivity index (χ1v) is 11.2. The van der Waals surface area contributed by atoms with Gasteiger partial charge in [-0.1, -0.05) is 36.8 Å². The zero-order valence-corrected chi connectivity index (χ0v) is 18.5. The Bertz CT molecular complexity index is 1070. The quantitative estimate of drug-likeness (QED) is 0.575. The van der Waals surface area contributed by atoms with Crippen LogP contribution in [-0.2, 0) is 16.1 Å². The molecule has 7 heteroatoms. The molecule has 30 heavy (non-hydrogen) atoms. The highest BCUT2D eigenvalue weighted by atomic mass is 32.1. The first-order chi connectivity index (χ1) is 14.4. The lowest BCUT2D eigenvalue weighted by Gasteiger charge is -2.30. The summed E-state index contributed by atoms with van der Waals surface area (Å²) in [6, 6.07) is 10.2. The van der Waals surface area contributed by atoms with E-state index in [0.717, 1.165) is 47.4 Å². The number of ether oxygens (including phenoxy) is 1. The molecule has 3 heterocycles. The Morgan fingerprint density at radius 1 is 1.23 bits per heavy atom. The second-order valence-corrected chi connectivity index (χ2v) is 9.25. The van der Waals surface area contributed by atoms with Crippen LogP contribution >= 0.6 is 11.3 Å². The second kappa shape index (κ2) is 8.60. The number of hydrogen-bond donors (Lipinski definition) is 0. The van der Waals surface area contributed by atoms with Crippen molar-refractivity contribution in [2.75, 3.05) is 19.7 Å². The molecular weight excluding hydrogens is 398 g/mol. The van der Waals surface area contributed by atoms with Gasteiger partial charge in [-0.3, -0.25) is 9.48 Å². The van der Waals surface area contributed by atoms with Gasteiger partial charge >= 0.3 is 5.97 Å². The van der Waals surface area contributed by atoms with Crippen LogP contribution in [0, 0.1) is 19.8 Å². The number of carbonyl (C=O) groups excluding carboxylic acids is 2. The summed E-state index contributed by atoms with van der Waals surface area (Å²) in [5, 5.41) is 5.58. The van der Waals surface area contributed by atoms with E-state index in [4.69, 9.17) is 4.74 Å². The van der Waals surface area contributed by atoms with Gasteiger partial charge in [-0.2, -0.15) is 5.10 Å². The fourth-order valence-corrected chi connectivity index (χ4v) is 4.95. The highest BCUT2D eigenvalue weighted by Crippen LogP contribution is 2.29. The minimum Gasteiger partial charge on any atom is -0.451 e. The number of aromatic nitrogens is 2. The van der Waals surface area contributed by atoms with Crippen molar-refractivity contribution in [3.8, 4) is 0 Å². The monoisotopic (exact) mass is 425 g/mol. The molecule has 0 radical (unpaired) electrons. The molecule has 4 rings (SSSR count). The summed E-state index contributed by atoms with van der Waals surface area (Å²) < 4.78 is 7.27. The first-order valence-electron chi connectivity index (χ1n) is 10.4. The van der Waals surface area contributed by atoms with Crippen molar-refractivity contribution < 1.29 is 14.3 Å². The van der Waals surface area contributed by atoms with Gasteiger partial charge in [0.1, 0.15) is 9.71 Å². The van der Waals surface area contributed by atoms with Crippen LogP contribution in [-0.4, -0.2) is 46.3 Å². The van der Waals surface area contributed by atoms with Crippen molar-refractivity contribution >= 4 is 33.4 Å². The van der Waals surface area contributed by atoms with Gasteiger partial charge in [-0.15, -0.1) is 11.3 Å². The minimum atomic E-state index is -0.448. The predicted molar refractivity (Wildman–Crippen MR) is 118 cm³/mol. The van der Waals surface area contributed by atoms with Gasteiger partial charge in [0.05, 0.1) is 12.2 Å². The summed E-state index contributed by atoms with van der Waals surface area (Å²) in [7, 11) is 0. The number of carbonyl (C=O) groups is 2. The van der Waals surface area contributed by atoms with Gasteiger partial charge in [0, 0.05) is 18.5 Å². The molecule has 0 aliphatic carbocycles. The van der Waals surface area contributed by atoms with Crippen molar-refractivity contribution in [3.63, 3.8) is 0 Å². The molecule has 0 unspecified atom stereocenters. The van der Waals surface area contributed by atoms with Crippen LogP contribution in [0.4, 0.5) is 0 Å². The number of amides is 1. The number of aryl methyl sites for hydroxylation is 2. The lowest BCUT2D eigenvalue weighted by atomic mass is 10.0. The average Bonchev–Trinajstić information content (AvgIpc) is 3.29. The lowest BCUT2D eigenvalue weighted by Crippen LogP contribution is -2.41. The van der Waals surface area contributed by atoms with E-state index in [1.807, 2.05) is 17.7 Å². The smallest absolute Gasteiger partial charge is 0.348 e. The largest absolute Gasteiger partial charge is 0.451 e. The third-order valence-electron chi connectivity index (χ3n) is 5.60. The Labute approximate surface area is 180 Å². The van der Waals surface area contributed by atoms with Crippen molar-refractivity contribution in [2.45, 2.75) is 40.2 Å². The summed E-state index contributed by atoms with van der Waals surface area (Å²) in [6.07, 6.45) is 2.15. The molecule has 2 aromatic heterocycles. The number of benzene rings is 1. The topological polar surface area (TPSA) is 64.4 Å². The number of piperidine rings is 1. The molecule has 1 atom stereocenters. The molecule has 1 saturated heterocycles. The fraction of sp³-hybridized carbons (Fsp3) is 0.435. The molecule has 1 aliphatic heterocycles.